The minimum absolute atomic E-state index is 0.0997. The largest absolute Gasteiger partial charge is 0.481 e. The predicted octanol–water partition coefficient (Wildman–Crippen LogP) is 3.25. The number of aliphatic carboxylic acids is 1. The van der Waals surface area contributed by atoms with Crippen LogP contribution >= 0.6 is 0 Å². The van der Waals surface area contributed by atoms with Crippen molar-refractivity contribution < 1.29 is 9.90 Å². The van der Waals surface area contributed by atoms with Gasteiger partial charge in [0.25, 0.3) is 0 Å². The molecule has 1 saturated carbocycles. The maximum absolute atomic E-state index is 10.7. The fraction of sp³-hybridized carbons (Fsp3) is 0.533. The lowest BCUT2D eigenvalue weighted by molar-refractivity contribution is -0.138. The fourth-order valence-electron chi connectivity index (χ4n) is 2.22. The monoisotopic (exact) mass is 232 g/mol. The number of hydrogen-bond acceptors (Lipinski definition) is 1. The van der Waals surface area contributed by atoms with Crippen molar-refractivity contribution >= 4 is 5.97 Å². The molecule has 0 amide bonds. The lowest BCUT2D eigenvalue weighted by Gasteiger charge is -2.19. The average molecular weight is 232 g/mol. The first-order valence-electron chi connectivity index (χ1n) is 6.20. The van der Waals surface area contributed by atoms with Crippen LogP contribution in [-0.2, 0) is 16.6 Å². The second-order valence-electron chi connectivity index (χ2n) is 6.09. The highest BCUT2D eigenvalue weighted by Gasteiger charge is 2.42. The van der Waals surface area contributed by atoms with Crippen molar-refractivity contribution in [1.82, 2.24) is 0 Å². The Morgan fingerprint density at radius 2 is 1.88 bits per heavy atom. The highest BCUT2D eigenvalue weighted by atomic mass is 16.4. The Balaban J connectivity index is 1.98. The molecule has 0 spiro atoms. The summed E-state index contributed by atoms with van der Waals surface area (Å²) < 4.78 is 0. The van der Waals surface area contributed by atoms with Crippen molar-refractivity contribution in [3.05, 3.63) is 35.4 Å². The van der Waals surface area contributed by atoms with Gasteiger partial charge in [0.2, 0.25) is 0 Å². The lowest BCUT2D eigenvalue weighted by Crippen LogP contribution is -2.10. The number of carboxylic acid groups (broad SMARTS) is 1. The molecule has 17 heavy (non-hydrogen) atoms. The van der Waals surface area contributed by atoms with E-state index in [1.165, 1.54) is 11.1 Å². The molecule has 1 aliphatic carbocycles. The molecule has 0 saturated heterocycles. The Morgan fingerprint density at radius 1 is 1.29 bits per heavy atom. The molecule has 2 heteroatoms. The summed E-state index contributed by atoms with van der Waals surface area (Å²) >= 11 is 0. The molecule has 2 rings (SSSR count). The Kier molecular flexibility index (Phi) is 2.98. The zero-order chi connectivity index (χ0) is 12.6. The minimum Gasteiger partial charge on any atom is -0.481 e. The Morgan fingerprint density at radius 3 is 2.29 bits per heavy atom. The van der Waals surface area contributed by atoms with E-state index in [2.05, 4.69) is 45.0 Å². The molecular formula is C15H20O2. The number of rotatable bonds is 3. The summed E-state index contributed by atoms with van der Waals surface area (Å²) in [5.41, 5.74) is 2.76. The third-order valence-corrected chi connectivity index (χ3v) is 3.56. The third-order valence-electron chi connectivity index (χ3n) is 3.56. The van der Waals surface area contributed by atoms with E-state index in [1.807, 2.05) is 0 Å². The number of carboxylic acids is 1. The Bertz CT molecular complexity index is 412. The molecule has 0 heterocycles. The number of hydrogen-bond donors (Lipinski definition) is 1. The van der Waals surface area contributed by atoms with Crippen molar-refractivity contribution in [1.29, 1.82) is 0 Å². The number of carbonyl (C=O) groups is 1. The van der Waals surface area contributed by atoms with Gasteiger partial charge in [-0.3, -0.25) is 4.79 Å². The molecule has 92 valence electrons. The maximum Gasteiger partial charge on any atom is 0.306 e. The first-order valence-corrected chi connectivity index (χ1v) is 6.20. The van der Waals surface area contributed by atoms with Gasteiger partial charge in [-0.1, -0.05) is 45.0 Å². The van der Waals surface area contributed by atoms with Gasteiger partial charge < -0.3 is 5.11 Å². The summed E-state index contributed by atoms with van der Waals surface area (Å²) in [6.07, 6.45) is 1.75. The first kappa shape index (κ1) is 12.2. The highest BCUT2D eigenvalue weighted by molar-refractivity contribution is 5.73. The van der Waals surface area contributed by atoms with E-state index in [-0.39, 0.29) is 11.3 Å². The van der Waals surface area contributed by atoms with Crippen LogP contribution in [-0.4, -0.2) is 11.1 Å². The molecule has 0 radical (unpaired) electrons. The van der Waals surface area contributed by atoms with E-state index in [0.717, 1.165) is 12.8 Å². The SMILES string of the molecule is CC(C)(C)c1ccc(CC2CC2C(=O)O)cc1. The van der Waals surface area contributed by atoms with Gasteiger partial charge in [0.05, 0.1) is 5.92 Å². The second kappa shape index (κ2) is 4.17. The van der Waals surface area contributed by atoms with E-state index in [0.29, 0.717) is 5.92 Å². The van der Waals surface area contributed by atoms with Crippen LogP contribution in [0.15, 0.2) is 24.3 Å². The Labute approximate surface area is 103 Å². The van der Waals surface area contributed by atoms with Crippen LogP contribution in [0.25, 0.3) is 0 Å². The van der Waals surface area contributed by atoms with Gasteiger partial charge in [-0.15, -0.1) is 0 Å². The Hall–Kier alpha value is -1.31. The van der Waals surface area contributed by atoms with Crippen molar-refractivity contribution in [2.75, 3.05) is 0 Å². The molecule has 2 unspecified atom stereocenters. The molecule has 2 nitrogen and oxygen atoms in total. The summed E-state index contributed by atoms with van der Waals surface area (Å²) in [4.78, 5) is 10.7. The van der Waals surface area contributed by atoms with Crippen LogP contribution in [0.2, 0.25) is 0 Å². The van der Waals surface area contributed by atoms with Crippen LogP contribution in [0.3, 0.4) is 0 Å². The summed E-state index contributed by atoms with van der Waals surface area (Å²) in [7, 11) is 0. The third kappa shape index (κ3) is 2.87. The van der Waals surface area contributed by atoms with E-state index >= 15 is 0 Å². The van der Waals surface area contributed by atoms with Gasteiger partial charge >= 0.3 is 5.97 Å². The number of benzene rings is 1. The molecule has 0 aliphatic heterocycles. The van der Waals surface area contributed by atoms with Gasteiger partial charge in [-0.25, -0.2) is 0 Å². The van der Waals surface area contributed by atoms with Gasteiger partial charge in [0, 0.05) is 0 Å². The van der Waals surface area contributed by atoms with Gasteiger partial charge in [-0.2, -0.15) is 0 Å². The average Bonchev–Trinajstić information content (AvgIpc) is 2.96. The molecule has 1 N–H and O–H groups in total. The lowest BCUT2D eigenvalue weighted by atomic mass is 9.86. The highest BCUT2D eigenvalue weighted by Crippen LogP contribution is 2.41. The van der Waals surface area contributed by atoms with Crippen LogP contribution in [0, 0.1) is 11.8 Å². The zero-order valence-electron chi connectivity index (χ0n) is 10.7. The maximum atomic E-state index is 10.7. The van der Waals surface area contributed by atoms with Crippen molar-refractivity contribution in [3.8, 4) is 0 Å². The van der Waals surface area contributed by atoms with Crippen molar-refractivity contribution in [2.24, 2.45) is 11.8 Å². The zero-order valence-corrected chi connectivity index (χ0v) is 10.7. The van der Waals surface area contributed by atoms with E-state index in [1.54, 1.807) is 0 Å². The molecule has 2 atom stereocenters. The van der Waals surface area contributed by atoms with Crippen LogP contribution < -0.4 is 0 Å². The molecule has 1 aromatic carbocycles. The minimum atomic E-state index is -0.638. The topological polar surface area (TPSA) is 37.3 Å². The van der Waals surface area contributed by atoms with Crippen molar-refractivity contribution in [3.63, 3.8) is 0 Å². The summed E-state index contributed by atoms with van der Waals surface area (Å²) in [6, 6.07) is 8.59. The second-order valence-corrected chi connectivity index (χ2v) is 6.09. The van der Waals surface area contributed by atoms with Crippen LogP contribution in [0.4, 0.5) is 0 Å². The standard InChI is InChI=1S/C15H20O2/c1-15(2,3)12-6-4-10(5-7-12)8-11-9-13(11)14(16)17/h4-7,11,13H,8-9H2,1-3H3,(H,16,17). The molecular weight excluding hydrogens is 212 g/mol. The summed E-state index contributed by atoms with van der Waals surface area (Å²) in [5, 5.41) is 8.85. The van der Waals surface area contributed by atoms with Crippen molar-refractivity contribution in [2.45, 2.75) is 39.0 Å². The van der Waals surface area contributed by atoms with E-state index in [9.17, 15) is 4.79 Å². The molecule has 1 aliphatic rings. The van der Waals surface area contributed by atoms with Crippen LogP contribution in [0.1, 0.15) is 38.3 Å². The summed E-state index contributed by atoms with van der Waals surface area (Å²) in [5.74, 6) is -0.383. The quantitative estimate of drug-likeness (QED) is 0.868. The van der Waals surface area contributed by atoms with E-state index in [4.69, 9.17) is 5.11 Å². The molecule has 0 bridgehead atoms. The predicted molar refractivity (Wildman–Crippen MR) is 68.1 cm³/mol. The molecule has 1 aromatic rings. The normalized spacial score (nSPS) is 23.5. The van der Waals surface area contributed by atoms with Gasteiger partial charge in [0.15, 0.2) is 0 Å². The fourth-order valence-corrected chi connectivity index (χ4v) is 2.22. The molecule has 0 aromatic heterocycles. The van der Waals surface area contributed by atoms with Gasteiger partial charge in [0.1, 0.15) is 0 Å². The molecule has 1 fully saturated rings. The van der Waals surface area contributed by atoms with E-state index < -0.39 is 5.97 Å². The summed E-state index contributed by atoms with van der Waals surface area (Å²) in [6.45, 7) is 6.59. The van der Waals surface area contributed by atoms with Gasteiger partial charge in [-0.05, 0) is 35.3 Å². The first-order chi connectivity index (χ1) is 7.88. The van der Waals surface area contributed by atoms with Crippen LogP contribution in [0.5, 0.6) is 0 Å². The smallest absolute Gasteiger partial charge is 0.306 e.